The lowest BCUT2D eigenvalue weighted by molar-refractivity contribution is 0.441. The van der Waals surface area contributed by atoms with Gasteiger partial charge >= 0.3 is 0 Å². The highest BCUT2D eigenvalue weighted by molar-refractivity contribution is 6.89. The Hall–Kier alpha value is -0.498. The maximum atomic E-state index is 2.56. The van der Waals surface area contributed by atoms with E-state index in [0.717, 1.165) is 18.3 Å². The quantitative estimate of drug-likeness (QED) is 0.621. The first kappa shape index (κ1) is 15.4. The van der Waals surface area contributed by atoms with Gasteiger partial charge in [0.1, 0.15) is 6.71 Å². The third kappa shape index (κ3) is 3.64. The van der Waals surface area contributed by atoms with Gasteiger partial charge in [-0.05, 0) is 0 Å². The number of rotatable bonds is 5. The van der Waals surface area contributed by atoms with Crippen molar-refractivity contribution in [1.82, 2.24) is 0 Å². The van der Waals surface area contributed by atoms with E-state index in [2.05, 4.69) is 43.4 Å². The number of benzene rings is 1. The molecule has 1 aromatic rings. The van der Waals surface area contributed by atoms with Crippen molar-refractivity contribution in [2.24, 2.45) is 0 Å². The highest BCUT2D eigenvalue weighted by Gasteiger charge is 2.38. The molecule has 0 amide bonds. The highest BCUT2D eigenvalue weighted by atomic mass is 28.3. The van der Waals surface area contributed by atoms with Crippen molar-refractivity contribution in [2.75, 3.05) is 0 Å². The van der Waals surface area contributed by atoms with Crippen molar-refractivity contribution in [3.8, 4) is 0 Å². The van der Waals surface area contributed by atoms with Gasteiger partial charge in [-0.25, -0.2) is 0 Å². The van der Waals surface area contributed by atoms with Crippen LogP contribution >= 0.6 is 0 Å². The van der Waals surface area contributed by atoms with Crippen LogP contribution in [0.1, 0.15) is 44.9 Å². The summed E-state index contributed by atoms with van der Waals surface area (Å²) in [7, 11) is -1.20. The summed E-state index contributed by atoms with van der Waals surface area (Å²) in [5.74, 6) is 2.19. The summed E-state index contributed by atoms with van der Waals surface area (Å²) in [6.45, 7) is 6.21. The molecule has 3 rings (SSSR count). The van der Waals surface area contributed by atoms with E-state index in [9.17, 15) is 0 Å². The minimum Gasteiger partial charge on any atom is -0.0740 e. The molecule has 1 aromatic carbocycles. The van der Waals surface area contributed by atoms with E-state index in [1.807, 2.05) is 0 Å². The third-order valence-corrected chi connectivity index (χ3v) is 9.90. The molecule has 0 aromatic heterocycles. The molecule has 0 saturated carbocycles. The highest BCUT2D eigenvalue weighted by Crippen LogP contribution is 2.48. The molecule has 0 radical (unpaired) electrons. The van der Waals surface area contributed by atoms with Crippen LogP contribution in [0.2, 0.25) is 37.1 Å². The Bertz CT molecular complexity index is 420. The fourth-order valence-electron chi connectivity index (χ4n) is 5.10. The van der Waals surface area contributed by atoms with Crippen LogP contribution in [-0.4, -0.2) is 14.8 Å². The van der Waals surface area contributed by atoms with Crippen LogP contribution in [0.15, 0.2) is 30.3 Å². The molecule has 0 unspecified atom stereocenters. The molecule has 2 fully saturated rings. The molecule has 2 heteroatoms. The molecule has 2 aliphatic heterocycles. The third-order valence-electron chi connectivity index (χ3n) is 6.41. The second-order valence-electron chi connectivity index (χ2n) is 8.19. The van der Waals surface area contributed by atoms with Gasteiger partial charge < -0.3 is 0 Å². The summed E-state index contributed by atoms with van der Waals surface area (Å²) < 4.78 is 0. The van der Waals surface area contributed by atoms with Crippen molar-refractivity contribution >= 4 is 20.0 Å². The fraction of sp³-hybridized carbons (Fsp3) is 0.684. The minimum atomic E-state index is -1.20. The summed E-state index contributed by atoms with van der Waals surface area (Å²) >= 11 is 0. The second kappa shape index (κ2) is 6.73. The lowest BCUT2D eigenvalue weighted by atomic mass is 9.26. The van der Waals surface area contributed by atoms with Crippen LogP contribution in [0.25, 0.3) is 0 Å². The molecule has 2 bridgehead atoms. The molecular weight excluding hydrogens is 267 g/mol. The summed E-state index contributed by atoms with van der Waals surface area (Å²) in [6.07, 6.45) is 12.2. The van der Waals surface area contributed by atoms with Gasteiger partial charge in [-0.3, -0.25) is 0 Å². The summed E-state index contributed by atoms with van der Waals surface area (Å²) in [5.41, 5.74) is 0. The molecular formula is C19H31BSi. The molecule has 21 heavy (non-hydrogen) atoms. The smallest absolute Gasteiger partial charge is 0.0740 e. The van der Waals surface area contributed by atoms with Crippen molar-refractivity contribution in [3.05, 3.63) is 30.3 Å². The molecule has 0 spiro atoms. The molecule has 0 atom stereocenters. The predicted molar refractivity (Wildman–Crippen MR) is 98.7 cm³/mol. The van der Waals surface area contributed by atoms with E-state index >= 15 is 0 Å². The monoisotopic (exact) mass is 298 g/mol. The van der Waals surface area contributed by atoms with Gasteiger partial charge in [-0.15, -0.1) is 0 Å². The Labute approximate surface area is 132 Å². The first-order valence-corrected chi connectivity index (χ1v) is 12.4. The van der Waals surface area contributed by atoms with Gasteiger partial charge in [0, 0.05) is 0 Å². The summed E-state index contributed by atoms with van der Waals surface area (Å²) in [4.78, 5) is 0. The fourth-order valence-corrected chi connectivity index (χ4v) is 7.57. The van der Waals surface area contributed by atoms with Crippen LogP contribution in [0.3, 0.4) is 0 Å². The van der Waals surface area contributed by atoms with E-state index in [1.54, 1.807) is 30.9 Å². The van der Waals surface area contributed by atoms with Gasteiger partial charge in [0.05, 0.1) is 8.07 Å². The van der Waals surface area contributed by atoms with Crippen molar-refractivity contribution in [1.29, 1.82) is 0 Å². The molecule has 2 heterocycles. The Balaban J connectivity index is 1.54. The predicted octanol–water partition coefficient (Wildman–Crippen LogP) is 5.60. The molecule has 2 saturated heterocycles. The number of hydrogen-bond acceptors (Lipinski definition) is 0. The molecule has 0 N–H and O–H groups in total. The van der Waals surface area contributed by atoms with Gasteiger partial charge in [0.25, 0.3) is 0 Å². The zero-order chi connectivity index (χ0) is 14.7. The Morgan fingerprint density at radius 3 is 2.10 bits per heavy atom. The van der Waals surface area contributed by atoms with Crippen LogP contribution in [0.5, 0.6) is 0 Å². The van der Waals surface area contributed by atoms with Gasteiger partial charge in [-0.1, -0.05) is 118 Å². The van der Waals surface area contributed by atoms with E-state index in [4.69, 9.17) is 0 Å². The standard InChI is InChI=1S/C19H31BSi/c1-21(2,19-13-4-3-5-14-19)16-8-15-20-17-9-6-10-18(20)12-7-11-17/h3-5,13-14,17-18H,6-12,15-16H2,1-2H3. The molecule has 114 valence electrons. The number of hydrogen-bond donors (Lipinski definition) is 0. The first-order valence-electron chi connectivity index (χ1n) is 9.22. The van der Waals surface area contributed by atoms with Crippen LogP contribution in [0, 0.1) is 0 Å². The second-order valence-corrected chi connectivity index (χ2v) is 13.0. The minimum absolute atomic E-state index is 1.09. The first-order chi connectivity index (χ1) is 10.2. The summed E-state index contributed by atoms with van der Waals surface area (Å²) in [6, 6.07) is 12.8. The maximum absolute atomic E-state index is 2.56. The van der Waals surface area contributed by atoms with E-state index in [-0.39, 0.29) is 0 Å². The Kier molecular flexibility index (Phi) is 4.93. The zero-order valence-corrected chi connectivity index (χ0v) is 15.0. The summed E-state index contributed by atoms with van der Waals surface area (Å²) in [5, 5.41) is 1.65. The Morgan fingerprint density at radius 1 is 0.952 bits per heavy atom. The van der Waals surface area contributed by atoms with Gasteiger partial charge in [0.15, 0.2) is 0 Å². The van der Waals surface area contributed by atoms with Crippen molar-refractivity contribution in [2.45, 2.75) is 82.0 Å². The van der Waals surface area contributed by atoms with E-state index in [1.165, 1.54) is 31.6 Å². The molecule has 0 aliphatic carbocycles. The van der Waals surface area contributed by atoms with E-state index < -0.39 is 8.07 Å². The SMILES string of the molecule is C[Si](C)(CCCB1C2CCCC1CCC2)c1ccccc1. The van der Waals surface area contributed by atoms with E-state index in [0.29, 0.717) is 0 Å². The zero-order valence-electron chi connectivity index (χ0n) is 14.0. The average Bonchev–Trinajstić information content (AvgIpc) is 2.48. The topological polar surface area (TPSA) is 0 Å². The lowest BCUT2D eigenvalue weighted by Gasteiger charge is -2.41. The molecule has 2 aliphatic rings. The normalized spacial score (nSPS) is 25.9. The van der Waals surface area contributed by atoms with Crippen molar-refractivity contribution in [3.63, 3.8) is 0 Å². The van der Waals surface area contributed by atoms with Crippen LogP contribution in [0.4, 0.5) is 0 Å². The largest absolute Gasteiger partial charge is 0.146 e. The van der Waals surface area contributed by atoms with Crippen molar-refractivity contribution < 1.29 is 0 Å². The van der Waals surface area contributed by atoms with Crippen LogP contribution < -0.4 is 5.19 Å². The lowest BCUT2D eigenvalue weighted by Crippen LogP contribution is -2.41. The van der Waals surface area contributed by atoms with Gasteiger partial charge in [-0.2, -0.15) is 0 Å². The number of fused-ring (bicyclic) bond motifs is 2. The Morgan fingerprint density at radius 2 is 1.52 bits per heavy atom. The van der Waals surface area contributed by atoms with Gasteiger partial charge in [0.2, 0.25) is 0 Å². The molecule has 0 nitrogen and oxygen atoms in total. The van der Waals surface area contributed by atoms with Crippen LogP contribution in [-0.2, 0) is 0 Å². The average molecular weight is 298 g/mol. The maximum Gasteiger partial charge on any atom is 0.146 e.